The number of halogens is 1. The van der Waals surface area contributed by atoms with E-state index in [1.807, 2.05) is 0 Å². The highest BCUT2D eigenvalue weighted by Gasteiger charge is 2.09. The van der Waals surface area contributed by atoms with Crippen LogP contribution in [0.1, 0.15) is 17.4 Å². The summed E-state index contributed by atoms with van der Waals surface area (Å²) in [4.78, 5) is 11.1. The number of aromatic nitrogens is 2. The van der Waals surface area contributed by atoms with Crippen LogP contribution >= 0.6 is 12.4 Å². The third-order valence-corrected chi connectivity index (χ3v) is 1.48. The maximum atomic E-state index is 11.1. The second kappa shape index (κ2) is 6.39. The summed E-state index contributed by atoms with van der Waals surface area (Å²) in [6.07, 6.45) is 1.71. The zero-order chi connectivity index (χ0) is 9.68. The molecule has 0 bridgehead atoms. The van der Waals surface area contributed by atoms with E-state index in [4.69, 9.17) is 10.5 Å². The Hall–Kier alpha value is -1.07. The second-order valence-corrected chi connectivity index (χ2v) is 2.47. The summed E-state index contributed by atoms with van der Waals surface area (Å²) >= 11 is 0. The van der Waals surface area contributed by atoms with E-state index in [1.54, 1.807) is 23.9 Å². The van der Waals surface area contributed by atoms with Gasteiger partial charge >= 0.3 is 5.97 Å². The topological polar surface area (TPSA) is 70.1 Å². The molecule has 0 aromatic carbocycles. The van der Waals surface area contributed by atoms with Gasteiger partial charge < -0.3 is 10.5 Å². The van der Waals surface area contributed by atoms with Crippen molar-refractivity contribution in [2.75, 3.05) is 13.2 Å². The van der Waals surface area contributed by atoms with Gasteiger partial charge in [0.15, 0.2) is 5.69 Å². The lowest BCUT2D eigenvalue weighted by Crippen LogP contribution is -2.12. The van der Waals surface area contributed by atoms with Crippen LogP contribution < -0.4 is 5.73 Å². The minimum atomic E-state index is -0.390. The summed E-state index contributed by atoms with van der Waals surface area (Å²) in [6, 6.07) is 1.62. The van der Waals surface area contributed by atoms with Crippen molar-refractivity contribution in [3.05, 3.63) is 18.0 Å². The number of nitrogens with two attached hydrogens (primary N) is 1. The highest BCUT2D eigenvalue weighted by Crippen LogP contribution is 1.97. The maximum Gasteiger partial charge on any atom is 0.358 e. The zero-order valence-corrected chi connectivity index (χ0v) is 8.79. The molecule has 0 saturated heterocycles. The molecule has 0 saturated carbocycles. The standard InChI is InChI=1S/C8H13N3O2.ClH/c1-2-13-8(12)7-3-5-11(10-7)6-4-9;/h3,5H,2,4,6,9H2,1H3;1H. The number of hydrogen-bond acceptors (Lipinski definition) is 4. The van der Waals surface area contributed by atoms with Gasteiger partial charge in [-0.15, -0.1) is 12.4 Å². The first-order valence-corrected chi connectivity index (χ1v) is 4.18. The van der Waals surface area contributed by atoms with E-state index in [0.29, 0.717) is 25.4 Å². The molecular weight excluding hydrogens is 206 g/mol. The van der Waals surface area contributed by atoms with Gasteiger partial charge in [0, 0.05) is 12.7 Å². The van der Waals surface area contributed by atoms with Crippen molar-refractivity contribution in [3.8, 4) is 0 Å². The lowest BCUT2D eigenvalue weighted by atomic mass is 10.4. The van der Waals surface area contributed by atoms with Crippen molar-refractivity contribution in [2.45, 2.75) is 13.5 Å². The van der Waals surface area contributed by atoms with Gasteiger partial charge in [-0.3, -0.25) is 4.68 Å². The smallest absolute Gasteiger partial charge is 0.358 e. The highest BCUT2D eigenvalue weighted by atomic mass is 35.5. The molecular formula is C8H14ClN3O2. The Morgan fingerprint density at radius 1 is 1.71 bits per heavy atom. The van der Waals surface area contributed by atoms with Gasteiger partial charge in [-0.05, 0) is 13.0 Å². The van der Waals surface area contributed by atoms with Crippen LogP contribution in [0, 0.1) is 0 Å². The molecule has 0 radical (unpaired) electrons. The molecule has 0 spiro atoms. The van der Waals surface area contributed by atoms with Crippen LogP contribution in [0.3, 0.4) is 0 Å². The van der Waals surface area contributed by atoms with Crippen LogP contribution in [-0.4, -0.2) is 28.9 Å². The largest absolute Gasteiger partial charge is 0.461 e. The van der Waals surface area contributed by atoms with Gasteiger partial charge in [-0.1, -0.05) is 0 Å². The predicted octanol–water partition coefficient (Wildman–Crippen LogP) is 0.440. The number of esters is 1. The first-order valence-electron chi connectivity index (χ1n) is 4.18. The fourth-order valence-corrected chi connectivity index (χ4v) is 0.932. The number of nitrogens with zero attached hydrogens (tertiary/aromatic N) is 2. The van der Waals surface area contributed by atoms with E-state index in [2.05, 4.69) is 5.10 Å². The summed E-state index contributed by atoms with van der Waals surface area (Å²) in [5.74, 6) is -0.390. The molecule has 80 valence electrons. The minimum absolute atomic E-state index is 0. The van der Waals surface area contributed by atoms with Gasteiger partial charge in [0.05, 0.1) is 13.2 Å². The maximum absolute atomic E-state index is 11.1. The fraction of sp³-hybridized carbons (Fsp3) is 0.500. The molecule has 1 aromatic heterocycles. The molecule has 6 heteroatoms. The summed E-state index contributed by atoms with van der Waals surface area (Å²) in [5.41, 5.74) is 5.66. The first-order chi connectivity index (χ1) is 6.27. The summed E-state index contributed by atoms with van der Waals surface area (Å²) in [5, 5.41) is 3.98. The Bertz CT molecular complexity index is 288. The van der Waals surface area contributed by atoms with Crippen LogP contribution in [-0.2, 0) is 11.3 Å². The SMILES string of the molecule is CCOC(=O)c1ccn(CCN)n1.Cl. The second-order valence-electron chi connectivity index (χ2n) is 2.47. The van der Waals surface area contributed by atoms with Crippen molar-refractivity contribution in [1.82, 2.24) is 9.78 Å². The van der Waals surface area contributed by atoms with Gasteiger partial charge in [-0.2, -0.15) is 5.10 Å². The van der Waals surface area contributed by atoms with Crippen LogP contribution in [0.15, 0.2) is 12.3 Å². The quantitative estimate of drug-likeness (QED) is 0.746. The third kappa shape index (κ3) is 3.35. The molecule has 1 heterocycles. The number of ether oxygens (including phenoxy) is 1. The van der Waals surface area contributed by atoms with Gasteiger partial charge in [-0.25, -0.2) is 4.79 Å². The summed E-state index contributed by atoms with van der Waals surface area (Å²) in [6.45, 7) is 3.24. The predicted molar refractivity (Wildman–Crippen MR) is 54.5 cm³/mol. The van der Waals surface area contributed by atoms with Crippen molar-refractivity contribution in [3.63, 3.8) is 0 Å². The molecule has 5 nitrogen and oxygen atoms in total. The lowest BCUT2D eigenvalue weighted by Gasteiger charge is -1.97. The summed E-state index contributed by atoms with van der Waals surface area (Å²) < 4.78 is 6.39. The van der Waals surface area contributed by atoms with Gasteiger partial charge in [0.1, 0.15) is 0 Å². The third-order valence-electron chi connectivity index (χ3n) is 1.48. The normalized spacial score (nSPS) is 9.29. The molecule has 14 heavy (non-hydrogen) atoms. The Morgan fingerprint density at radius 3 is 3.00 bits per heavy atom. The van der Waals surface area contributed by atoms with E-state index in [0.717, 1.165) is 0 Å². The molecule has 1 aromatic rings. The Kier molecular flexibility index (Phi) is 5.91. The summed E-state index contributed by atoms with van der Waals surface area (Å²) in [7, 11) is 0. The molecule has 0 fully saturated rings. The Labute approximate surface area is 88.6 Å². The molecule has 0 aliphatic carbocycles. The van der Waals surface area contributed by atoms with Crippen LogP contribution in [0.4, 0.5) is 0 Å². The zero-order valence-electron chi connectivity index (χ0n) is 7.97. The van der Waals surface area contributed by atoms with E-state index in [-0.39, 0.29) is 12.4 Å². The number of carbonyl (C=O) groups excluding carboxylic acids is 1. The van der Waals surface area contributed by atoms with Crippen LogP contribution in [0.2, 0.25) is 0 Å². The molecule has 0 aliphatic heterocycles. The number of hydrogen-bond donors (Lipinski definition) is 1. The number of rotatable bonds is 4. The van der Waals surface area contributed by atoms with Crippen LogP contribution in [0.25, 0.3) is 0 Å². The average Bonchev–Trinajstić information content (AvgIpc) is 2.54. The van der Waals surface area contributed by atoms with Crippen molar-refractivity contribution >= 4 is 18.4 Å². The van der Waals surface area contributed by atoms with Gasteiger partial charge in [0.2, 0.25) is 0 Å². The lowest BCUT2D eigenvalue weighted by molar-refractivity contribution is 0.0518. The first kappa shape index (κ1) is 12.9. The van der Waals surface area contributed by atoms with Crippen molar-refractivity contribution in [1.29, 1.82) is 0 Å². The van der Waals surface area contributed by atoms with E-state index >= 15 is 0 Å². The molecule has 0 amide bonds. The molecule has 1 rings (SSSR count). The van der Waals surface area contributed by atoms with E-state index in [9.17, 15) is 4.79 Å². The molecule has 0 atom stereocenters. The monoisotopic (exact) mass is 219 g/mol. The van der Waals surface area contributed by atoms with Gasteiger partial charge in [0.25, 0.3) is 0 Å². The average molecular weight is 220 g/mol. The van der Waals surface area contributed by atoms with Crippen molar-refractivity contribution < 1.29 is 9.53 Å². The highest BCUT2D eigenvalue weighted by molar-refractivity contribution is 5.87. The number of carbonyl (C=O) groups is 1. The molecule has 0 aliphatic rings. The Morgan fingerprint density at radius 2 is 2.43 bits per heavy atom. The van der Waals surface area contributed by atoms with E-state index < -0.39 is 5.97 Å². The Balaban J connectivity index is 0.00000169. The van der Waals surface area contributed by atoms with E-state index in [1.165, 1.54) is 0 Å². The van der Waals surface area contributed by atoms with Crippen molar-refractivity contribution in [2.24, 2.45) is 5.73 Å². The molecule has 0 unspecified atom stereocenters. The minimum Gasteiger partial charge on any atom is -0.461 e. The fourth-order valence-electron chi connectivity index (χ4n) is 0.932. The molecule has 2 N–H and O–H groups in total. The van der Waals surface area contributed by atoms with Crippen LogP contribution in [0.5, 0.6) is 0 Å².